The summed E-state index contributed by atoms with van der Waals surface area (Å²) < 4.78 is 30.1. The lowest BCUT2D eigenvalue weighted by atomic mass is 10.3. The van der Waals surface area contributed by atoms with Crippen LogP contribution in [0.15, 0.2) is 18.3 Å². The Kier molecular flexibility index (Phi) is 1.97. The minimum absolute atomic E-state index is 0.167. The summed E-state index contributed by atoms with van der Waals surface area (Å²) in [5, 5.41) is 0. The third-order valence-electron chi connectivity index (χ3n) is 2.91. The van der Waals surface area contributed by atoms with Gasteiger partial charge < -0.3 is 10.3 Å². The Labute approximate surface area is 95.3 Å². The lowest BCUT2D eigenvalue weighted by Crippen LogP contribution is -2.03. The molecule has 6 heteroatoms. The Morgan fingerprint density at radius 2 is 2.12 bits per heavy atom. The zero-order valence-electron chi connectivity index (χ0n) is 9.11. The molecule has 0 aliphatic carbocycles. The maximum Gasteiger partial charge on any atom is 0.215 e. The molecule has 0 atom stereocenters. The molecule has 3 aromatic rings. The van der Waals surface area contributed by atoms with E-state index < -0.39 is 11.6 Å². The van der Waals surface area contributed by atoms with Gasteiger partial charge in [0.05, 0.1) is 11.2 Å². The second-order valence-corrected chi connectivity index (χ2v) is 3.92. The van der Waals surface area contributed by atoms with Gasteiger partial charge in [-0.1, -0.05) is 0 Å². The first-order chi connectivity index (χ1) is 8.11. The van der Waals surface area contributed by atoms with E-state index in [9.17, 15) is 8.78 Å². The van der Waals surface area contributed by atoms with Crippen LogP contribution in [0, 0.1) is 11.6 Å². The summed E-state index contributed by atoms with van der Waals surface area (Å²) in [6.07, 6.45) is 1.74. The predicted molar refractivity (Wildman–Crippen MR) is 59.5 cm³/mol. The quantitative estimate of drug-likeness (QED) is 0.697. The summed E-state index contributed by atoms with van der Waals surface area (Å²) in [5.74, 6) is -0.724. The number of nitrogens with two attached hydrogens (primary N) is 1. The highest BCUT2D eigenvalue weighted by Gasteiger charge is 2.14. The van der Waals surface area contributed by atoms with Crippen molar-refractivity contribution < 1.29 is 8.78 Å². The van der Waals surface area contributed by atoms with Gasteiger partial charge in [0.15, 0.2) is 5.82 Å². The Morgan fingerprint density at radius 1 is 1.35 bits per heavy atom. The average Bonchev–Trinajstić information content (AvgIpc) is 2.77. The molecule has 0 aliphatic rings. The summed E-state index contributed by atoms with van der Waals surface area (Å²) in [5.41, 5.74) is 6.99. The Bertz CT molecular complexity index is 726. The van der Waals surface area contributed by atoms with Crippen molar-refractivity contribution in [3.8, 4) is 0 Å². The molecule has 0 fully saturated rings. The van der Waals surface area contributed by atoms with Gasteiger partial charge in [-0.15, -0.1) is 0 Å². The summed E-state index contributed by atoms with van der Waals surface area (Å²) in [6, 6.07) is 2.09. The van der Waals surface area contributed by atoms with Crippen LogP contribution in [0.5, 0.6) is 0 Å². The van der Waals surface area contributed by atoms with Crippen molar-refractivity contribution in [2.24, 2.45) is 12.8 Å². The third-order valence-corrected chi connectivity index (χ3v) is 2.91. The number of halogens is 2. The number of aromatic nitrogens is 3. The summed E-state index contributed by atoms with van der Waals surface area (Å²) in [7, 11) is 1.79. The lowest BCUT2D eigenvalue weighted by molar-refractivity contribution is 0.590. The van der Waals surface area contributed by atoms with Crippen molar-refractivity contribution in [3.05, 3.63) is 35.7 Å². The highest BCUT2D eigenvalue weighted by atomic mass is 19.1. The second kappa shape index (κ2) is 3.27. The number of nitrogens with zero attached hydrogens (tertiary/aromatic N) is 3. The number of hydrogen-bond acceptors (Lipinski definition) is 2. The molecule has 2 heterocycles. The van der Waals surface area contributed by atoms with E-state index in [1.807, 2.05) is 0 Å². The molecule has 88 valence electrons. The van der Waals surface area contributed by atoms with Crippen LogP contribution >= 0.6 is 0 Å². The van der Waals surface area contributed by atoms with E-state index in [2.05, 4.69) is 4.98 Å². The number of fused-ring (bicyclic) bond motifs is 3. The first-order valence-corrected chi connectivity index (χ1v) is 5.13. The molecule has 0 aliphatic heterocycles. The van der Waals surface area contributed by atoms with Crippen molar-refractivity contribution in [1.82, 2.24) is 14.0 Å². The molecular weight excluding hydrogens is 226 g/mol. The fourth-order valence-corrected chi connectivity index (χ4v) is 2.03. The van der Waals surface area contributed by atoms with Gasteiger partial charge in [-0.3, -0.25) is 4.40 Å². The minimum atomic E-state index is -0.655. The molecule has 0 saturated heterocycles. The second-order valence-electron chi connectivity index (χ2n) is 3.92. The van der Waals surface area contributed by atoms with Crippen molar-refractivity contribution in [3.63, 3.8) is 0 Å². The fraction of sp³-hybridized carbons (Fsp3) is 0.182. The molecule has 0 radical (unpaired) electrons. The van der Waals surface area contributed by atoms with Crippen LogP contribution in [-0.2, 0) is 13.6 Å². The number of aryl methyl sites for hydroxylation is 1. The molecule has 2 aromatic heterocycles. The maximum atomic E-state index is 13.5. The number of hydrogen-bond donors (Lipinski definition) is 1. The SMILES string of the molecule is Cn1c(CN)cn2c3cc(F)cc(F)c3nc12. The van der Waals surface area contributed by atoms with Crippen molar-refractivity contribution in [2.75, 3.05) is 0 Å². The van der Waals surface area contributed by atoms with Gasteiger partial charge in [0, 0.05) is 31.9 Å². The molecule has 0 spiro atoms. The van der Waals surface area contributed by atoms with Crippen LogP contribution in [0.25, 0.3) is 16.8 Å². The van der Waals surface area contributed by atoms with Crippen LogP contribution in [-0.4, -0.2) is 14.0 Å². The van der Waals surface area contributed by atoms with E-state index in [0.717, 1.165) is 11.8 Å². The smallest absolute Gasteiger partial charge is 0.215 e. The van der Waals surface area contributed by atoms with Crippen LogP contribution < -0.4 is 5.73 Å². The summed E-state index contributed by atoms with van der Waals surface area (Å²) in [6.45, 7) is 0.346. The monoisotopic (exact) mass is 236 g/mol. The first-order valence-electron chi connectivity index (χ1n) is 5.13. The van der Waals surface area contributed by atoms with Crippen LogP contribution in [0.4, 0.5) is 8.78 Å². The Balaban J connectivity index is 2.50. The van der Waals surface area contributed by atoms with Gasteiger partial charge >= 0.3 is 0 Å². The fourth-order valence-electron chi connectivity index (χ4n) is 2.03. The first kappa shape index (κ1) is 10.2. The van der Waals surface area contributed by atoms with Crippen LogP contribution in [0.3, 0.4) is 0 Å². The van der Waals surface area contributed by atoms with Crippen molar-refractivity contribution in [1.29, 1.82) is 0 Å². The Morgan fingerprint density at radius 3 is 2.82 bits per heavy atom. The van der Waals surface area contributed by atoms with Gasteiger partial charge in [0.25, 0.3) is 0 Å². The number of benzene rings is 1. The molecular formula is C11H10F2N4. The molecule has 4 nitrogen and oxygen atoms in total. The summed E-state index contributed by atoms with van der Waals surface area (Å²) >= 11 is 0. The zero-order chi connectivity index (χ0) is 12.2. The topological polar surface area (TPSA) is 48.2 Å². The van der Waals surface area contributed by atoms with Crippen LogP contribution in [0.2, 0.25) is 0 Å². The Hall–Kier alpha value is -1.95. The normalized spacial score (nSPS) is 11.8. The van der Waals surface area contributed by atoms with E-state index in [4.69, 9.17) is 5.73 Å². The van der Waals surface area contributed by atoms with Gasteiger partial charge in [-0.25, -0.2) is 13.8 Å². The third kappa shape index (κ3) is 1.27. The van der Waals surface area contributed by atoms with E-state index >= 15 is 0 Å². The molecule has 2 N–H and O–H groups in total. The number of rotatable bonds is 1. The van der Waals surface area contributed by atoms with E-state index in [0.29, 0.717) is 17.8 Å². The van der Waals surface area contributed by atoms with E-state index in [1.54, 1.807) is 22.2 Å². The molecule has 0 bridgehead atoms. The van der Waals surface area contributed by atoms with Crippen LogP contribution in [0.1, 0.15) is 5.69 Å². The highest BCUT2D eigenvalue weighted by molar-refractivity contribution is 5.80. The lowest BCUT2D eigenvalue weighted by Gasteiger charge is -1.96. The van der Waals surface area contributed by atoms with E-state index in [-0.39, 0.29) is 5.52 Å². The van der Waals surface area contributed by atoms with E-state index in [1.165, 1.54) is 6.07 Å². The van der Waals surface area contributed by atoms with Crippen molar-refractivity contribution >= 4 is 16.8 Å². The maximum absolute atomic E-state index is 13.5. The van der Waals surface area contributed by atoms with Gasteiger partial charge in [-0.2, -0.15) is 0 Å². The molecule has 0 unspecified atom stereocenters. The standard InChI is InChI=1S/C11H10F2N4/c1-16-7(4-14)5-17-9-3-6(12)2-8(13)10(9)15-11(16)17/h2-3,5H,4,14H2,1H3. The molecule has 3 rings (SSSR count). The number of imidazole rings is 2. The summed E-state index contributed by atoms with van der Waals surface area (Å²) in [4.78, 5) is 4.15. The minimum Gasteiger partial charge on any atom is -0.325 e. The highest BCUT2D eigenvalue weighted by Crippen LogP contribution is 2.22. The largest absolute Gasteiger partial charge is 0.325 e. The molecule has 1 aromatic carbocycles. The van der Waals surface area contributed by atoms with Gasteiger partial charge in [-0.05, 0) is 0 Å². The van der Waals surface area contributed by atoms with Gasteiger partial charge in [0.1, 0.15) is 11.3 Å². The van der Waals surface area contributed by atoms with Gasteiger partial charge in [0.2, 0.25) is 5.78 Å². The predicted octanol–water partition coefficient (Wildman–Crippen LogP) is 1.56. The molecule has 17 heavy (non-hydrogen) atoms. The molecule has 0 amide bonds. The zero-order valence-corrected chi connectivity index (χ0v) is 9.11. The molecule has 0 saturated carbocycles. The average molecular weight is 236 g/mol. The van der Waals surface area contributed by atoms with Crippen molar-refractivity contribution in [2.45, 2.75) is 6.54 Å².